The molecule has 0 bridgehead atoms. The van der Waals surface area contributed by atoms with Crippen LogP contribution in [0, 0.1) is 5.82 Å². The van der Waals surface area contributed by atoms with E-state index in [-0.39, 0.29) is 11.7 Å². The zero-order valence-corrected chi connectivity index (χ0v) is 12.9. The lowest BCUT2D eigenvalue weighted by atomic mass is 10.0. The molecule has 3 heteroatoms. The van der Waals surface area contributed by atoms with E-state index < -0.39 is 0 Å². The Hall–Kier alpha value is -3.20. The maximum absolute atomic E-state index is 13.1. The van der Waals surface area contributed by atoms with Crippen molar-refractivity contribution >= 4 is 17.7 Å². The third-order valence-electron chi connectivity index (χ3n) is 3.55. The molecule has 0 radical (unpaired) electrons. The second-order valence-corrected chi connectivity index (χ2v) is 5.29. The van der Waals surface area contributed by atoms with E-state index in [2.05, 4.69) is 5.32 Å². The summed E-state index contributed by atoms with van der Waals surface area (Å²) in [5.74, 6) is -0.588. The number of carbonyl (C=O) groups excluding carboxylic acids is 1. The zero-order valence-electron chi connectivity index (χ0n) is 12.9. The number of anilines is 1. The highest BCUT2D eigenvalue weighted by Gasteiger charge is 2.06. The number of carbonyl (C=O) groups is 1. The molecular weight excluding hydrogens is 301 g/mol. The molecule has 0 saturated heterocycles. The summed E-state index contributed by atoms with van der Waals surface area (Å²) in [6.45, 7) is 0. The molecule has 0 aromatic heterocycles. The first-order valence-electron chi connectivity index (χ1n) is 7.61. The van der Waals surface area contributed by atoms with Crippen molar-refractivity contribution in [2.45, 2.75) is 0 Å². The molecule has 0 spiro atoms. The number of hydrogen-bond donors (Lipinski definition) is 1. The van der Waals surface area contributed by atoms with Crippen molar-refractivity contribution in [3.8, 4) is 11.1 Å². The molecule has 0 fully saturated rings. The molecular formula is C21H16FNO. The van der Waals surface area contributed by atoms with Gasteiger partial charge in [0.2, 0.25) is 5.91 Å². The van der Waals surface area contributed by atoms with Crippen molar-refractivity contribution in [1.82, 2.24) is 0 Å². The first-order valence-corrected chi connectivity index (χ1v) is 7.61. The number of hydrogen-bond acceptors (Lipinski definition) is 1. The number of rotatable bonds is 4. The van der Waals surface area contributed by atoms with Gasteiger partial charge in [-0.1, -0.05) is 60.7 Å². The molecule has 0 aliphatic carbocycles. The van der Waals surface area contributed by atoms with Crippen LogP contribution in [0.4, 0.5) is 10.1 Å². The minimum absolute atomic E-state index is 0.261. The average molecular weight is 317 g/mol. The zero-order chi connectivity index (χ0) is 16.8. The van der Waals surface area contributed by atoms with Crippen molar-refractivity contribution in [2.75, 3.05) is 5.32 Å². The standard InChI is InChI=1S/C21H16FNO/c22-18-10-6-7-16(15-18)13-14-21(24)23-20-12-5-4-11-19(20)17-8-2-1-3-9-17/h1-15H,(H,23,24)/b14-13+. The van der Waals surface area contributed by atoms with Crippen LogP contribution >= 0.6 is 0 Å². The van der Waals surface area contributed by atoms with Crippen LogP contribution in [-0.4, -0.2) is 5.91 Å². The van der Waals surface area contributed by atoms with E-state index in [1.54, 1.807) is 18.2 Å². The van der Waals surface area contributed by atoms with Gasteiger partial charge in [0, 0.05) is 17.3 Å². The van der Waals surface area contributed by atoms with E-state index >= 15 is 0 Å². The van der Waals surface area contributed by atoms with Crippen LogP contribution in [0.15, 0.2) is 84.9 Å². The lowest BCUT2D eigenvalue weighted by molar-refractivity contribution is -0.111. The Labute approximate surface area is 140 Å². The van der Waals surface area contributed by atoms with E-state index in [9.17, 15) is 9.18 Å². The summed E-state index contributed by atoms with van der Waals surface area (Å²) >= 11 is 0. The van der Waals surface area contributed by atoms with E-state index in [0.29, 0.717) is 5.56 Å². The molecule has 1 amide bonds. The van der Waals surface area contributed by atoms with Crippen molar-refractivity contribution in [2.24, 2.45) is 0 Å². The molecule has 0 atom stereocenters. The third kappa shape index (κ3) is 3.96. The summed E-state index contributed by atoms with van der Waals surface area (Å²) < 4.78 is 13.1. The van der Waals surface area contributed by atoms with Crippen molar-refractivity contribution in [1.29, 1.82) is 0 Å². The Morgan fingerprint density at radius 2 is 1.62 bits per heavy atom. The molecule has 2 nitrogen and oxygen atoms in total. The number of halogens is 1. The fourth-order valence-corrected chi connectivity index (χ4v) is 2.42. The van der Waals surface area contributed by atoms with E-state index in [0.717, 1.165) is 16.8 Å². The van der Waals surface area contributed by atoms with Crippen molar-refractivity contribution < 1.29 is 9.18 Å². The maximum Gasteiger partial charge on any atom is 0.248 e. The van der Waals surface area contributed by atoms with Crippen LogP contribution in [0.1, 0.15) is 5.56 Å². The van der Waals surface area contributed by atoms with Crippen LogP contribution in [-0.2, 0) is 4.79 Å². The van der Waals surface area contributed by atoms with Crippen LogP contribution in [0.25, 0.3) is 17.2 Å². The highest BCUT2D eigenvalue weighted by atomic mass is 19.1. The summed E-state index contributed by atoms with van der Waals surface area (Å²) in [7, 11) is 0. The molecule has 0 saturated carbocycles. The second-order valence-electron chi connectivity index (χ2n) is 5.29. The lowest BCUT2D eigenvalue weighted by Gasteiger charge is -2.10. The van der Waals surface area contributed by atoms with Crippen LogP contribution in [0.3, 0.4) is 0 Å². The van der Waals surface area contributed by atoms with E-state index in [1.807, 2.05) is 54.6 Å². The van der Waals surface area contributed by atoms with Crippen LogP contribution in [0.2, 0.25) is 0 Å². The van der Waals surface area contributed by atoms with Gasteiger partial charge in [-0.2, -0.15) is 0 Å². The van der Waals surface area contributed by atoms with Crippen LogP contribution < -0.4 is 5.32 Å². The molecule has 1 N–H and O–H groups in total. The number of benzene rings is 3. The van der Waals surface area contributed by atoms with E-state index in [4.69, 9.17) is 0 Å². The van der Waals surface area contributed by atoms with Gasteiger partial charge in [0.05, 0.1) is 0 Å². The highest BCUT2D eigenvalue weighted by molar-refractivity contribution is 6.04. The Morgan fingerprint density at radius 3 is 2.42 bits per heavy atom. The molecule has 3 rings (SSSR count). The van der Waals surface area contributed by atoms with Crippen molar-refractivity contribution in [3.63, 3.8) is 0 Å². The number of amides is 1. The SMILES string of the molecule is O=C(/C=C/c1cccc(F)c1)Nc1ccccc1-c1ccccc1. The van der Waals surface area contributed by atoms with Gasteiger partial charge in [-0.15, -0.1) is 0 Å². The van der Waals surface area contributed by atoms with Gasteiger partial charge >= 0.3 is 0 Å². The van der Waals surface area contributed by atoms with Crippen molar-refractivity contribution in [3.05, 3.63) is 96.3 Å². The second kappa shape index (κ2) is 7.38. The Bertz CT molecular complexity index is 872. The van der Waals surface area contributed by atoms with Gasteiger partial charge in [0.25, 0.3) is 0 Å². The Kier molecular flexibility index (Phi) is 4.82. The minimum atomic E-state index is -0.327. The summed E-state index contributed by atoms with van der Waals surface area (Å²) in [6, 6.07) is 23.6. The summed E-state index contributed by atoms with van der Waals surface area (Å²) in [5, 5.41) is 2.87. The van der Waals surface area contributed by atoms with Crippen LogP contribution in [0.5, 0.6) is 0 Å². The summed E-state index contributed by atoms with van der Waals surface area (Å²) in [4.78, 5) is 12.2. The predicted molar refractivity (Wildman–Crippen MR) is 95.9 cm³/mol. The predicted octanol–water partition coefficient (Wildman–Crippen LogP) is 5.14. The molecule has 0 heterocycles. The fraction of sp³-hybridized carbons (Fsp3) is 0. The number of para-hydroxylation sites is 1. The first-order chi connectivity index (χ1) is 11.7. The fourth-order valence-electron chi connectivity index (χ4n) is 2.42. The topological polar surface area (TPSA) is 29.1 Å². The monoisotopic (exact) mass is 317 g/mol. The lowest BCUT2D eigenvalue weighted by Crippen LogP contribution is -2.08. The molecule has 0 aliphatic rings. The third-order valence-corrected chi connectivity index (χ3v) is 3.55. The summed E-state index contributed by atoms with van der Waals surface area (Å²) in [5.41, 5.74) is 3.35. The maximum atomic E-state index is 13.1. The average Bonchev–Trinajstić information content (AvgIpc) is 2.61. The van der Waals surface area contributed by atoms with Gasteiger partial charge in [-0.05, 0) is 35.4 Å². The quantitative estimate of drug-likeness (QED) is 0.663. The van der Waals surface area contributed by atoms with Gasteiger partial charge in [-0.3, -0.25) is 4.79 Å². The molecule has 24 heavy (non-hydrogen) atoms. The summed E-state index contributed by atoms with van der Waals surface area (Å²) in [6.07, 6.45) is 2.99. The largest absolute Gasteiger partial charge is 0.322 e. The molecule has 0 aliphatic heterocycles. The molecule has 118 valence electrons. The number of nitrogens with one attached hydrogen (secondary N) is 1. The van der Waals surface area contributed by atoms with Gasteiger partial charge in [0.15, 0.2) is 0 Å². The highest BCUT2D eigenvalue weighted by Crippen LogP contribution is 2.27. The smallest absolute Gasteiger partial charge is 0.248 e. The normalized spacial score (nSPS) is 10.7. The Morgan fingerprint density at radius 1 is 0.875 bits per heavy atom. The van der Waals surface area contributed by atoms with E-state index in [1.165, 1.54) is 18.2 Å². The van der Waals surface area contributed by atoms with Gasteiger partial charge < -0.3 is 5.32 Å². The Balaban J connectivity index is 1.78. The van der Waals surface area contributed by atoms with Gasteiger partial charge in [-0.25, -0.2) is 4.39 Å². The first kappa shape index (κ1) is 15.7. The minimum Gasteiger partial charge on any atom is -0.322 e. The molecule has 3 aromatic carbocycles. The molecule has 0 unspecified atom stereocenters. The molecule has 3 aromatic rings. The van der Waals surface area contributed by atoms with Gasteiger partial charge in [0.1, 0.15) is 5.82 Å².